The number of ether oxygens (including phenoxy) is 1. The van der Waals surface area contributed by atoms with E-state index < -0.39 is 0 Å². The molecule has 0 spiro atoms. The van der Waals surface area contributed by atoms with E-state index in [2.05, 4.69) is 22.9 Å². The summed E-state index contributed by atoms with van der Waals surface area (Å²) in [5.74, 6) is 1.43. The van der Waals surface area contributed by atoms with Crippen molar-refractivity contribution in [2.75, 3.05) is 7.11 Å². The summed E-state index contributed by atoms with van der Waals surface area (Å²) in [6.45, 7) is 4.09. The van der Waals surface area contributed by atoms with Gasteiger partial charge in [0, 0.05) is 10.4 Å². The van der Waals surface area contributed by atoms with Gasteiger partial charge in [-0.3, -0.25) is 0 Å². The van der Waals surface area contributed by atoms with Crippen molar-refractivity contribution in [3.63, 3.8) is 0 Å². The lowest BCUT2D eigenvalue weighted by Crippen LogP contribution is -1.95. The summed E-state index contributed by atoms with van der Waals surface area (Å²) in [7, 11) is 1.68. The average molecular weight is 264 g/mol. The maximum absolute atomic E-state index is 5.83. The van der Waals surface area contributed by atoms with Crippen molar-refractivity contribution in [1.29, 1.82) is 0 Å². The number of hydrogen-bond acceptors (Lipinski definition) is 1. The van der Waals surface area contributed by atoms with Crippen LogP contribution in [0, 0.1) is 13.8 Å². The Kier molecular flexibility index (Phi) is 3.63. The van der Waals surface area contributed by atoms with E-state index in [-0.39, 0.29) is 0 Å². The van der Waals surface area contributed by atoms with Gasteiger partial charge < -0.3 is 4.74 Å². The van der Waals surface area contributed by atoms with Gasteiger partial charge >= 0.3 is 0 Å². The Morgan fingerprint density at radius 2 is 2.00 bits per heavy atom. The zero-order chi connectivity index (χ0) is 10.0. The molecule has 1 aromatic carbocycles. The van der Waals surface area contributed by atoms with Gasteiger partial charge in [-0.05, 0) is 36.6 Å². The van der Waals surface area contributed by atoms with E-state index in [4.69, 9.17) is 16.3 Å². The van der Waals surface area contributed by atoms with Crippen LogP contribution in [0.3, 0.4) is 0 Å². The van der Waals surface area contributed by atoms with Gasteiger partial charge in [-0.15, -0.1) is 11.6 Å². The molecule has 1 aromatic rings. The Balaban J connectivity index is 3.37. The molecule has 0 aromatic heterocycles. The lowest BCUT2D eigenvalue weighted by atomic mass is 10.0. The van der Waals surface area contributed by atoms with Crippen LogP contribution in [0.4, 0.5) is 0 Å². The fourth-order valence-corrected chi connectivity index (χ4v) is 2.43. The van der Waals surface area contributed by atoms with Crippen molar-refractivity contribution in [1.82, 2.24) is 0 Å². The molecule has 0 amide bonds. The van der Waals surface area contributed by atoms with Gasteiger partial charge in [0.2, 0.25) is 0 Å². The molecule has 0 bridgehead atoms. The smallest absolute Gasteiger partial charge is 0.123 e. The first-order valence-corrected chi connectivity index (χ1v) is 5.33. The molecule has 72 valence electrons. The van der Waals surface area contributed by atoms with Gasteiger partial charge in [0.1, 0.15) is 5.75 Å². The van der Waals surface area contributed by atoms with Crippen molar-refractivity contribution in [3.8, 4) is 5.75 Å². The maximum atomic E-state index is 5.83. The molecule has 3 heteroatoms. The first-order valence-electron chi connectivity index (χ1n) is 4.00. The van der Waals surface area contributed by atoms with E-state index in [1.165, 1.54) is 5.56 Å². The Hall–Kier alpha value is -0.210. The second-order valence-electron chi connectivity index (χ2n) is 2.92. The van der Waals surface area contributed by atoms with Crippen LogP contribution < -0.4 is 4.74 Å². The molecule has 0 aliphatic heterocycles. The number of alkyl halides is 1. The largest absolute Gasteiger partial charge is 0.496 e. The Morgan fingerprint density at radius 1 is 1.38 bits per heavy atom. The molecule has 0 N–H and O–H groups in total. The van der Waals surface area contributed by atoms with Crippen molar-refractivity contribution < 1.29 is 4.74 Å². The van der Waals surface area contributed by atoms with E-state index in [1.54, 1.807) is 7.11 Å². The second kappa shape index (κ2) is 4.34. The van der Waals surface area contributed by atoms with Gasteiger partial charge in [-0.1, -0.05) is 15.9 Å². The van der Waals surface area contributed by atoms with Crippen LogP contribution in [0.1, 0.15) is 16.7 Å². The lowest BCUT2D eigenvalue weighted by Gasteiger charge is -2.12. The third-order valence-electron chi connectivity index (χ3n) is 2.28. The van der Waals surface area contributed by atoms with Crippen LogP contribution in [0.25, 0.3) is 0 Å². The lowest BCUT2D eigenvalue weighted by molar-refractivity contribution is 0.411. The number of methoxy groups -OCH3 is 1. The zero-order valence-corrected chi connectivity index (χ0v) is 10.3. The Bertz CT molecular complexity index is 323. The van der Waals surface area contributed by atoms with E-state index in [0.29, 0.717) is 5.88 Å². The molecule has 0 aliphatic carbocycles. The van der Waals surface area contributed by atoms with Gasteiger partial charge in [0.15, 0.2) is 0 Å². The Labute approximate surface area is 92.2 Å². The number of halogens is 2. The molecule has 0 aliphatic rings. The molecule has 0 saturated carbocycles. The molecular weight excluding hydrogens is 251 g/mol. The van der Waals surface area contributed by atoms with Crippen LogP contribution in [0.5, 0.6) is 5.75 Å². The minimum Gasteiger partial charge on any atom is -0.496 e. The van der Waals surface area contributed by atoms with E-state index in [0.717, 1.165) is 21.3 Å². The highest BCUT2D eigenvalue weighted by molar-refractivity contribution is 9.10. The molecule has 0 fully saturated rings. The monoisotopic (exact) mass is 262 g/mol. The molecule has 0 atom stereocenters. The van der Waals surface area contributed by atoms with Crippen molar-refractivity contribution in [2.45, 2.75) is 19.7 Å². The zero-order valence-electron chi connectivity index (χ0n) is 7.95. The predicted molar refractivity (Wildman–Crippen MR) is 59.7 cm³/mol. The number of rotatable bonds is 2. The van der Waals surface area contributed by atoms with Gasteiger partial charge in [-0.2, -0.15) is 0 Å². The van der Waals surface area contributed by atoms with Crippen LogP contribution in [0.15, 0.2) is 10.5 Å². The minimum atomic E-state index is 0.525. The summed E-state index contributed by atoms with van der Waals surface area (Å²) < 4.78 is 6.25. The topological polar surface area (TPSA) is 9.23 Å². The van der Waals surface area contributed by atoms with E-state index in [1.807, 2.05) is 13.0 Å². The summed E-state index contributed by atoms with van der Waals surface area (Å²) in [6.07, 6.45) is 0. The SMILES string of the molecule is COc1cc(Br)c(CCl)c(C)c1C. The average Bonchev–Trinajstić information content (AvgIpc) is 2.12. The summed E-state index contributed by atoms with van der Waals surface area (Å²) in [4.78, 5) is 0. The van der Waals surface area contributed by atoms with E-state index in [9.17, 15) is 0 Å². The van der Waals surface area contributed by atoms with Crippen molar-refractivity contribution in [3.05, 3.63) is 27.2 Å². The summed E-state index contributed by atoms with van der Waals surface area (Å²) in [6, 6.07) is 1.96. The molecule has 13 heavy (non-hydrogen) atoms. The highest BCUT2D eigenvalue weighted by Crippen LogP contribution is 2.31. The van der Waals surface area contributed by atoms with Crippen molar-refractivity contribution >= 4 is 27.5 Å². The highest BCUT2D eigenvalue weighted by atomic mass is 79.9. The van der Waals surface area contributed by atoms with Crippen molar-refractivity contribution in [2.24, 2.45) is 0 Å². The van der Waals surface area contributed by atoms with Crippen LogP contribution in [-0.2, 0) is 5.88 Å². The summed E-state index contributed by atoms with van der Waals surface area (Å²) in [5, 5.41) is 0. The van der Waals surface area contributed by atoms with Crippen LogP contribution >= 0.6 is 27.5 Å². The molecule has 1 rings (SSSR count). The molecule has 0 heterocycles. The third kappa shape index (κ3) is 2.00. The van der Waals surface area contributed by atoms with Gasteiger partial charge in [0.25, 0.3) is 0 Å². The third-order valence-corrected chi connectivity index (χ3v) is 3.26. The first-order chi connectivity index (χ1) is 6.11. The summed E-state index contributed by atoms with van der Waals surface area (Å²) in [5.41, 5.74) is 3.49. The standard InChI is InChI=1S/C10H12BrClO/c1-6-7(2)10(13-3)4-9(11)8(6)5-12/h4H,5H2,1-3H3. The molecule has 0 saturated heterocycles. The van der Waals surface area contributed by atoms with Crippen LogP contribution in [-0.4, -0.2) is 7.11 Å². The maximum Gasteiger partial charge on any atom is 0.123 e. The normalized spacial score (nSPS) is 10.2. The quantitative estimate of drug-likeness (QED) is 0.737. The predicted octanol–water partition coefficient (Wildman–Crippen LogP) is 3.81. The Morgan fingerprint density at radius 3 is 2.46 bits per heavy atom. The van der Waals surface area contributed by atoms with E-state index >= 15 is 0 Å². The molecule has 1 nitrogen and oxygen atoms in total. The molecule has 0 radical (unpaired) electrons. The number of benzene rings is 1. The van der Waals surface area contributed by atoms with Gasteiger partial charge in [-0.25, -0.2) is 0 Å². The molecule has 0 unspecified atom stereocenters. The second-order valence-corrected chi connectivity index (χ2v) is 4.04. The summed E-state index contributed by atoms with van der Waals surface area (Å²) >= 11 is 9.30. The minimum absolute atomic E-state index is 0.525. The first kappa shape index (κ1) is 10.9. The van der Waals surface area contributed by atoms with Gasteiger partial charge in [0.05, 0.1) is 7.11 Å². The fraction of sp³-hybridized carbons (Fsp3) is 0.400. The highest BCUT2D eigenvalue weighted by Gasteiger charge is 2.10. The molecular formula is C10H12BrClO. The fourth-order valence-electron chi connectivity index (χ4n) is 1.28. The van der Waals surface area contributed by atoms with Crippen LogP contribution in [0.2, 0.25) is 0 Å². The number of hydrogen-bond donors (Lipinski definition) is 0.